The van der Waals surface area contributed by atoms with E-state index in [9.17, 15) is 4.79 Å². The van der Waals surface area contributed by atoms with Crippen molar-refractivity contribution < 1.29 is 4.74 Å². The Bertz CT molecular complexity index is 834. The van der Waals surface area contributed by atoms with Crippen LogP contribution in [-0.4, -0.2) is 28.0 Å². The third kappa shape index (κ3) is 3.44. The predicted octanol–water partition coefficient (Wildman–Crippen LogP) is 4.18. The summed E-state index contributed by atoms with van der Waals surface area (Å²) in [6.45, 7) is 5.20. The molecule has 0 spiro atoms. The van der Waals surface area contributed by atoms with Gasteiger partial charge in [0.25, 0.3) is 5.56 Å². The molecule has 1 aliphatic heterocycles. The molecule has 0 unspecified atom stereocenters. The Morgan fingerprint density at radius 3 is 3.00 bits per heavy atom. The molecular weight excluding hydrogens is 352 g/mol. The van der Waals surface area contributed by atoms with Crippen molar-refractivity contribution in [3.05, 3.63) is 33.4 Å². The number of nitrogens with zero attached hydrogens (tertiary/aromatic N) is 2. The van der Waals surface area contributed by atoms with Crippen LogP contribution in [0.3, 0.4) is 0 Å². The number of fused-ring (bicyclic) bond motifs is 3. The SMILES string of the molecule is C=CCn1c(SC[C@@H]2CCCO2)nc2sc3c(c2c1=O)CCCCC3. The van der Waals surface area contributed by atoms with Crippen LogP contribution >= 0.6 is 23.1 Å². The molecule has 134 valence electrons. The van der Waals surface area contributed by atoms with Crippen molar-refractivity contribution in [3.63, 3.8) is 0 Å². The molecule has 1 atom stereocenters. The smallest absolute Gasteiger partial charge is 0.263 e. The van der Waals surface area contributed by atoms with Crippen molar-refractivity contribution in [3.8, 4) is 0 Å². The molecule has 2 aromatic heterocycles. The highest BCUT2D eigenvalue weighted by molar-refractivity contribution is 7.99. The van der Waals surface area contributed by atoms with Crippen molar-refractivity contribution in [2.75, 3.05) is 12.4 Å². The summed E-state index contributed by atoms with van der Waals surface area (Å²) in [5.74, 6) is 0.861. The molecule has 4 rings (SSSR count). The van der Waals surface area contributed by atoms with Crippen LogP contribution in [0, 0.1) is 0 Å². The summed E-state index contributed by atoms with van der Waals surface area (Å²) in [4.78, 5) is 20.4. The van der Waals surface area contributed by atoms with E-state index in [1.165, 1.54) is 29.7 Å². The third-order valence-electron chi connectivity index (χ3n) is 5.02. The van der Waals surface area contributed by atoms with Gasteiger partial charge in [-0.15, -0.1) is 17.9 Å². The molecule has 0 aromatic carbocycles. The Morgan fingerprint density at radius 1 is 1.32 bits per heavy atom. The van der Waals surface area contributed by atoms with Gasteiger partial charge in [0.05, 0.1) is 11.5 Å². The van der Waals surface area contributed by atoms with Gasteiger partial charge >= 0.3 is 0 Å². The average Bonchev–Trinajstić information content (AvgIpc) is 3.18. The van der Waals surface area contributed by atoms with Crippen LogP contribution in [0.2, 0.25) is 0 Å². The van der Waals surface area contributed by atoms with E-state index in [-0.39, 0.29) is 11.7 Å². The lowest BCUT2D eigenvalue weighted by Gasteiger charge is -2.13. The maximum absolute atomic E-state index is 13.2. The van der Waals surface area contributed by atoms with Crippen molar-refractivity contribution in [1.82, 2.24) is 9.55 Å². The largest absolute Gasteiger partial charge is 0.377 e. The molecule has 6 heteroatoms. The van der Waals surface area contributed by atoms with Crippen LogP contribution in [0.4, 0.5) is 0 Å². The molecular formula is C19H24N2O2S2. The quantitative estimate of drug-likeness (QED) is 0.340. The summed E-state index contributed by atoms with van der Waals surface area (Å²) >= 11 is 3.38. The van der Waals surface area contributed by atoms with Gasteiger partial charge in [0.1, 0.15) is 4.83 Å². The van der Waals surface area contributed by atoms with E-state index in [2.05, 4.69) is 6.58 Å². The molecule has 4 nitrogen and oxygen atoms in total. The number of rotatable bonds is 5. The normalized spacial score (nSPS) is 20.6. The Morgan fingerprint density at radius 2 is 2.20 bits per heavy atom. The number of hydrogen-bond acceptors (Lipinski definition) is 5. The van der Waals surface area contributed by atoms with Gasteiger partial charge in [-0.1, -0.05) is 24.3 Å². The Balaban J connectivity index is 1.75. The predicted molar refractivity (Wildman–Crippen MR) is 105 cm³/mol. The summed E-state index contributed by atoms with van der Waals surface area (Å²) in [7, 11) is 0. The lowest BCUT2D eigenvalue weighted by molar-refractivity contribution is 0.129. The number of allylic oxidation sites excluding steroid dienone is 1. The fraction of sp³-hybridized carbons (Fsp3) is 0.579. The van der Waals surface area contributed by atoms with E-state index >= 15 is 0 Å². The molecule has 3 heterocycles. The number of aryl methyl sites for hydroxylation is 2. The van der Waals surface area contributed by atoms with Crippen LogP contribution in [0.25, 0.3) is 10.2 Å². The standard InChI is InChI=1S/C19H24N2O2S2/c1-2-10-21-18(22)16-14-8-4-3-5-9-15(14)25-17(16)20-19(21)24-12-13-7-6-11-23-13/h2,13H,1,3-12H2/t13-/m0/s1. The summed E-state index contributed by atoms with van der Waals surface area (Å²) < 4.78 is 7.52. The lowest BCUT2D eigenvalue weighted by Crippen LogP contribution is -2.23. The number of thioether (sulfide) groups is 1. The molecule has 25 heavy (non-hydrogen) atoms. The van der Waals surface area contributed by atoms with Gasteiger partial charge in [-0.05, 0) is 44.1 Å². The van der Waals surface area contributed by atoms with E-state index < -0.39 is 0 Å². The van der Waals surface area contributed by atoms with Gasteiger partial charge in [0, 0.05) is 23.8 Å². The van der Waals surface area contributed by atoms with Crippen molar-refractivity contribution in [2.45, 2.75) is 62.8 Å². The summed E-state index contributed by atoms with van der Waals surface area (Å²) in [5.41, 5.74) is 1.38. The zero-order valence-electron chi connectivity index (χ0n) is 14.5. The van der Waals surface area contributed by atoms with Crippen molar-refractivity contribution >= 4 is 33.3 Å². The maximum atomic E-state index is 13.2. The van der Waals surface area contributed by atoms with E-state index in [4.69, 9.17) is 9.72 Å². The topological polar surface area (TPSA) is 44.1 Å². The third-order valence-corrected chi connectivity index (χ3v) is 7.32. The first-order valence-electron chi connectivity index (χ1n) is 9.18. The summed E-state index contributed by atoms with van der Waals surface area (Å²) in [6, 6.07) is 0. The number of hydrogen-bond donors (Lipinski definition) is 0. The molecule has 0 N–H and O–H groups in total. The summed E-state index contributed by atoms with van der Waals surface area (Å²) in [6.07, 6.45) is 10.1. The molecule has 0 saturated carbocycles. The molecule has 1 aliphatic carbocycles. The first-order chi connectivity index (χ1) is 12.3. The Labute approximate surface area is 156 Å². The minimum Gasteiger partial charge on any atom is -0.377 e. The molecule has 0 radical (unpaired) electrons. The van der Waals surface area contributed by atoms with Crippen molar-refractivity contribution in [1.29, 1.82) is 0 Å². The second kappa shape index (κ2) is 7.64. The van der Waals surface area contributed by atoms with Gasteiger partial charge in [-0.25, -0.2) is 4.98 Å². The summed E-state index contributed by atoms with van der Waals surface area (Å²) in [5, 5.41) is 1.68. The minimum absolute atomic E-state index is 0.110. The van der Waals surface area contributed by atoms with E-state index in [0.29, 0.717) is 6.54 Å². The molecule has 1 saturated heterocycles. The number of aromatic nitrogens is 2. The van der Waals surface area contributed by atoms with E-state index in [1.54, 1.807) is 33.7 Å². The van der Waals surface area contributed by atoms with Crippen LogP contribution in [-0.2, 0) is 24.1 Å². The van der Waals surface area contributed by atoms with Gasteiger partial charge in [0.2, 0.25) is 0 Å². The fourth-order valence-electron chi connectivity index (χ4n) is 3.74. The van der Waals surface area contributed by atoms with E-state index in [1.807, 2.05) is 0 Å². The second-order valence-corrected chi connectivity index (χ2v) is 8.86. The molecule has 0 amide bonds. The first kappa shape index (κ1) is 17.3. The highest BCUT2D eigenvalue weighted by Crippen LogP contribution is 2.34. The first-order valence-corrected chi connectivity index (χ1v) is 11.0. The molecule has 2 aliphatic rings. The second-order valence-electron chi connectivity index (χ2n) is 6.79. The van der Waals surface area contributed by atoms with Gasteiger partial charge in [0.15, 0.2) is 5.16 Å². The molecule has 0 bridgehead atoms. The van der Waals surface area contributed by atoms with Crippen LogP contribution in [0.15, 0.2) is 22.6 Å². The Hall–Kier alpha value is -1.11. The van der Waals surface area contributed by atoms with Crippen LogP contribution in [0.1, 0.15) is 42.5 Å². The molecule has 2 aromatic rings. The maximum Gasteiger partial charge on any atom is 0.263 e. The van der Waals surface area contributed by atoms with Gasteiger partial charge in [-0.3, -0.25) is 9.36 Å². The highest BCUT2D eigenvalue weighted by Gasteiger charge is 2.22. The van der Waals surface area contributed by atoms with Crippen LogP contribution < -0.4 is 5.56 Å². The monoisotopic (exact) mass is 376 g/mol. The average molecular weight is 377 g/mol. The van der Waals surface area contributed by atoms with E-state index in [0.717, 1.165) is 53.4 Å². The molecule has 1 fully saturated rings. The number of thiophene rings is 1. The fourth-order valence-corrected chi connectivity index (χ4v) is 6.12. The Kier molecular flexibility index (Phi) is 5.29. The zero-order valence-corrected chi connectivity index (χ0v) is 16.1. The van der Waals surface area contributed by atoms with Crippen molar-refractivity contribution in [2.24, 2.45) is 0 Å². The number of ether oxygens (including phenoxy) is 1. The van der Waals surface area contributed by atoms with Gasteiger partial charge < -0.3 is 4.74 Å². The minimum atomic E-state index is 0.110. The van der Waals surface area contributed by atoms with Crippen LogP contribution in [0.5, 0.6) is 0 Å². The zero-order chi connectivity index (χ0) is 17.2. The highest BCUT2D eigenvalue weighted by atomic mass is 32.2. The lowest BCUT2D eigenvalue weighted by atomic mass is 10.1. The van der Waals surface area contributed by atoms with Gasteiger partial charge in [-0.2, -0.15) is 0 Å².